The van der Waals surface area contributed by atoms with Crippen LogP contribution in [-0.4, -0.2) is 21.5 Å². The Morgan fingerprint density at radius 1 is 1.28 bits per heavy atom. The second-order valence-electron chi connectivity index (χ2n) is 4.04. The van der Waals surface area contributed by atoms with Gasteiger partial charge >= 0.3 is 0 Å². The Morgan fingerprint density at radius 3 is 2.72 bits per heavy atom. The summed E-state index contributed by atoms with van der Waals surface area (Å²) < 4.78 is 0.903. The van der Waals surface area contributed by atoms with Crippen LogP contribution >= 0.6 is 15.9 Å². The van der Waals surface area contributed by atoms with E-state index in [-0.39, 0.29) is 0 Å². The van der Waals surface area contributed by atoms with Gasteiger partial charge in [-0.15, -0.1) is 0 Å². The minimum atomic E-state index is 0.648. The lowest BCUT2D eigenvalue weighted by Crippen LogP contribution is -2.05. The van der Waals surface area contributed by atoms with Crippen LogP contribution in [0.1, 0.15) is 18.2 Å². The summed E-state index contributed by atoms with van der Waals surface area (Å²) in [7, 11) is 0. The van der Waals surface area contributed by atoms with Gasteiger partial charge in [-0.2, -0.15) is 0 Å². The van der Waals surface area contributed by atoms with E-state index in [1.165, 1.54) is 0 Å². The first kappa shape index (κ1) is 13.0. The third kappa shape index (κ3) is 2.67. The predicted octanol–water partition coefficient (Wildman–Crippen LogP) is 3.35. The molecule has 0 saturated heterocycles. The largest absolute Gasteiger partial charge is 0.369 e. The minimum absolute atomic E-state index is 0.648. The number of nitrogens with zero attached hydrogens (tertiary/aromatic N) is 3. The first-order valence-electron chi connectivity index (χ1n) is 5.83. The minimum Gasteiger partial charge on any atom is -0.369 e. The Kier molecular flexibility index (Phi) is 3.91. The summed E-state index contributed by atoms with van der Waals surface area (Å²) in [5.41, 5.74) is 2.85. The maximum absolute atomic E-state index is 4.50. The average Bonchev–Trinajstić information content (AvgIpc) is 2.35. The van der Waals surface area contributed by atoms with Crippen molar-refractivity contribution in [2.24, 2.45) is 0 Å². The first-order chi connectivity index (χ1) is 8.61. The summed E-state index contributed by atoms with van der Waals surface area (Å²) in [6.07, 6.45) is 1.78. The number of nitrogens with one attached hydrogen (secondary N) is 1. The van der Waals surface area contributed by atoms with Crippen LogP contribution in [0.3, 0.4) is 0 Å². The Labute approximate surface area is 115 Å². The molecule has 4 nitrogen and oxygen atoms in total. The fourth-order valence-electron chi connectivity index (χ4n) is 1.62. The van der Waals surface area contributed by atoms with E-state index in [1.54, 1.807) is 6.20 Å². The van der Waals surface area contributed by atoms with Gasteiger partial charge in [-0.25, -0.2) is 9.97 Å². The molecular formula is C13H15BrN4. The Bertz CT molecular complexity index is 569. The van der Waals surface area contributed by atoms with Crippen molar-refractivity contribution in [3.63, 3.8) is 0 Å². The molecule has 0 unspecified atom stereocenters. The SMILES string of the molecule is CCNc1nc(-c2cc(C)ccn2)nc(C)c1Br. The molecule has 2 aromatic rings. The Balaban J connectivity index is 2.51. The first-order valence-corrected chi connectivity index (χ1v) is 6.62. The van der Waals surface area contributed by atoms with E-state index in [1.807, 2.05) is 32.9 Å². The lowest BCUT2D eigenvalue weighted by atomic mass is 10.2. The van der Waals surface area contributed by atoms with Gasteiger partial charge in [0.1, 0.15) is 11.5 Å². The molecule has 0 aromatic carbocycles. The summed E-state index contributed by atoms with van der Waals surface area (Å²) in [6.45, 7) is 6.83. The molecule has 0 bridgehead atoms. The highest BCUT2D eigenvalue weighted by molar-refractivity contribution is 9.10. The number of hydrogen-bond donors (Lipinski definition) is 1. The highest BCUT2D eigenvalue weighted by Gasteiger charge is 2.11. The lowest BCUT2D eigenvalue weighted by Gasteiger charge is -2.09. The van der Waals surface area contributed by atoms with Crippen LogP contribution in [0.15, 0.2) is 22.8 Å². The van der Waals surface area contributed by atoms with Gasteiger partial charge in [0.15, 0.2) is 5.82 Å². The predicted molar refractivity (Wildman–Crippen MR) is 76.6 cm³/mol. The maximum atomic E-state index is 4.50. The van der Waals surface area contributed by atoms with E-state index >= 15 is 0 Å². The molecule has 2 heterocycles. The van der Waals surface area contributed by atoms with Crippen molar-refractivity contribution in [3.05, 3.63) is 34.1 Å². The molecule has 0 aliphatic heterocycles. The van der Waals surface area contributed by atoms with Gasteiger partial charge in [0.05, 0.1) is 10.2 Å². The summed E-state index contributed by atoms with van der Waals surface area (Å²) in [4.78, 5) is 13.3. The zero-order valence-electron chi connectivity index (χ0n) is 10.7. The van der Waals surface area contributed by atoms with Gasteiger partial charge in [0.25, 0.3) is 0 Å². The molecule has 0 radical (unpaired) electrons. The van der Waals surface area contributed by atoms with Crippen molar-refractivity contribution < 1.29 is 0 Å². The summed E-state index contributed by atoms with van der Waals surface area (Å²) in [5, 5.41) is 3.22. The number of hydrogen-bond acceptors (Lipinski definition) is 4. The van der Waals surface area contributed by atoms with Gasteiger partial charge < -0.3 is 5.32 Å². The number of halogens is 1. The number of rotatable bonds is 3. The second-order valence-corrected chi connectivity index (χ2v) is 4.84. The summed E-state index contributed by atoms with van der Waals surface area (Å²) >= 11 is 3.49. The van der Waals surface area contributed by atoms with Crippen LogP contribution in [0.5, 0.6) is 0 Å². The molecule has 0 aliphatic rings. The normalized spacial score (nSPS) is 10.4. The number of anilines is 1. The van der Waals surface area contributed by atoms with Crippen LogP contribution < -0.4 is 5.32 Å². The van der Waals surface area contributed by atoms with E-state index in [9.17, 15) is 0 Å². The van der Waals surface area contributed by atoms with E-state index in [0.29, 0.717) is 5.82 Å². The second kappa shape index (κ2) is 5.44. The summed E-state index contributed by atoms with van der Waals surface area (Å²) in [5.74, 6) is 1.46. The van der Waals surface area contributed by atoms with Gasteiger partial charge in [-0.3, -0.25) is 4.98 Å². The number of aryl methyl sites for hydroxylation is 2. The molecule has 0 amide bonds. The topological polar surface area (TPSA) is 50.7 Å². The van der Waals surface area contributed by atoms with Crippen molar-refractivity contribution in [2.75, 3.05) is 11.9 Å². The molecule has 0 atom stereocenters. The number of pyridine rings is 1. The van der Waals surface area contributed by atoms with Crippen molar-refractivity contribution in [1.82, 2.24) is 15.0 Å². The Morgan fingerprint density at radius 2 is 2.06 bits per heavy atom. The van der Waals surface area contributed by atoms with Crippen LogP contribution in [0.2, 0.25) is 0 Å². The fraction of sp³-hybridized carbons (Fsp3) is 0.308. The molecule has 2 aromatic heterocycles. The molecule has 0 aliphatic carbocycles. The molecule has 0 saturated carbocycles. The fourth-order valence-corrected chi connectivity index (χ4v) is 1.93. The molecule has 0 fully saturated rings. The average molecular weight is 307 g/mol. The molecule has 18 heavy (non-hydrogen) atoms. The maximum Gasteiger partial charge on any atom is 0.180 e. The highest BCUT2D eigenvalue weighted by Crippen LogP contribution is 2.26. The molecule has 5 heteroatoms. The van der Waals surface area contributed by atoms with E-state index < -0.39 is 0 Å². The smallest absolute Gasteiger partial charge is 0.180 e. The van der Waals surface area contributed by atoms with E-state index in [4.69, 9.17) is 0 Å². The van der Waals surface area contributed by atoms with Crippen LogP contribution in [0.4, 0.5) is 5.82 Å². The van der Waals surface area contributed by atoms with Crippen LogP contribution in [0, 0.1) is 13.8 Å². The van der Waals surface area contributed by atoms with Crippen molar-refractivity contribution in [1.29, 1.82) is 0 Å². The van der Waals surface area contributed by atoms with Gasteiger partial charge in [-0.05, 0) is 54.4 Å². The van der Waals surface area contributed by atoms with Gasteiger partial charge in [0.2, 0.25) is 0 Å². The van der Waals surface area contributed by atoms with Gasteiger partial charge in [0, 0.05) is 12.7 Å². The number of aromatic nitrogens is 3. The zero-order valence-corrected chi connectivity index (χ0v) is 12.2. The third-order valence-corrected chi connectivity index (χ3v) is 3.46. The van der Waals surface area contributed by atoms with Gasteiger partial charge in [-0.1, -0.05) is 0 Å². The van der Waals surface area contributed by atoms with E-state index in [0.717, 1.165) is 33.8 Å². The zero-order chi connectivity index (χ0) is 13.1. The molecule has 94 valence electrons. The standard InChI is InChI=1S/C13H15BrN4/c1-4-15-13-11(14)9(3)17-12(18-13)10-7-8(2)5-6-16-10/h5-7H,4H2,1-3H3,(H,15,17,18). The van der Waals surface area contributed by atoms with E-state index in [2.05, 4.69) is 36.2 Å². The molecule has 1 N–H and O–H groups in total. The monoisotopic (exact) mass is 306 g/mol. The summed E-state index contributed by atoms with van der Waals surface area (Å²) in [6, 6.07) is 3.94. The molecular weight excluding hydrogens is 292 g/mol. The van der Waals surface area contributed by atoms with Crippen molar-refractivity contribution in [2.45, 2.75) is 20.8 Å². The van der Waals surface area contributed by atoms with Crippen molar-refractivity contribution >= 4 is 21.7 Å². The van der Waals surface area contributed by atoms with Crippen LogP contribution in [-0.2, 0) is 0 Å². The lowest BCUT2D eigenvalue weighted by molar-refractivity contribution is 1.05. The molecule has 2 rings (SSSR count). The quantitative estimate of drug-likeness (QED) is 0.945. The highest BCUT2D eigenvalue weighted by atomic mass is 79.9. The third-order valence-electron chi connectivity index (χ3n) is 2.51. The van der Waals surface area contributed by atoms with Crippen LogP contribution in [0.25, 0.3) is 11.5 Å². The van der Waals surface area contributed by atoms with Crippen molar-refractivity contribution in [3.8, 4) is 11.5 Å². The molecule has 0 spiro atoms. The Hall–Kier alpha value is -1.49.